The first kappa shape index (κ1) is 25.0. The quantitative estimate of drug-likeness (QED) is 0.580. The molecule has 9 heteroatoms. The number of hydrogen-bond donors (Lipinski definition) is 1. The number of nitrogens with one attached hydrogen (secondary N) is 1. The standard InChI is InChI=1S/C25H36F2N4O3/c26-20-6-7-21(22(27)18-20)25(33)31-12-10-30(11-13-31)23(19-4-1-2-5-19)24(32)28-8-3-9-29-14-16-34-17-15-29/h6-7,18-19,23H,1-5,8-17H2,(H,28,32)/t23-/m1/s1. The van der Waals surface area contributed by atoms with Crippen molar-refractivity contribution in [2.24, 2.45) is 5.92 Å². The van der Waals surface area contributed by atoms with E-state index in [-0.39, 0.29) is 17.5 Å². The lowest BCUT2D eigenvalue weighted by Crippen LogP contribution is -2.58. The molecule has 3 aliphatic rings. The molecule has 1 N–H and O–H groups in total. The fourth-order valence-corrected chi connectivity index (χ4v) is 5.43. The number of ether oxygens (including phenoxy) is 1. The van der Waals surface area contributed by atoms with Crippen molar-refractivity contribution in [2.45, 2.75) is 38.1 Å². The minimum absolute atomic E-state index is 0.0817. The Morgan fingerprint density at radius 3 is 2.41 bits per heavy atom. The van der Waals surface area contributed by atoms with Crippen LogP contribution < -0.4 is 5.32 Å². The molecule has 2 heterocycles. The molecule has 0 spiro atoms. The van der Waals surface area contributed by atoms with Gasteiger partial charge >= 0.3 is 0 Å². The Bertz CT molecular complexity index is 835. The molecule has 1 atom stereocenters. The van der Waals surface area contributed by atoms with Gasteiger partial charge in [0, 0.05) is 51.9 Å². The number of amides is 2. The summed E-state index contributed by atoms with van der Waals surface area (Å²) < 4.78 is 32.7. The molecule has 7 nitrogen and oxygen atoms in total. The van der Waals surface area contributed by atoms with Crippen molar-refractivity contribution < 1.29 is 23.1 Å². The van der Waals surface area contributed by atoms with Crippen LogP contribution in [0.1, 0.15) is 42.5 Å². The van der Waals surface area contributed by atoms with E-state index < -0.39 is 17.5 Å². The summed E-state index contributed by atoms with van der Waals surface area (Å²) in [4.78, 5) is 32.2. The Morgan fingerprint density at radius 2 is 1.74 bits per heavy atom. The highest BCUT2D eigenvalue weighted by Gasteiger charge is 2.37. The molecule has 4 rings (SSSR count). The molecule has 0 unspecified atom stereocenters. The number of carbonyl (C=O) groups excluding carboxylic acids is 2. The third-order valence-electron chi connectivity index (χ3n) is 7.33. The molecule has 2 aliphatic heterocycles. The number of benzene rings is 1. The van der Waals surface area contributed by atoms with Crippen molar-refractivity contribution in [1.82, 2.24) is 20.0 Å². The number of halogens is 2. The largest absolute Gasteiger partial charge is 0.379 e. The number of piperazine rings is 1. The van der Waals surface area contributed by atoms with Crippen LogP contribution in [0.25, 0.3) is 0 Å². The Labute approximate surface area is 200 Å². The summed E-state index contributed by atoms with van der Waals surface area (Å²) in [6.45, 7) is 7.03. The maximum atomic E-state index is 14.1. The second kappa shape index (κ2) is 12.0. The summed E-state index contributed by atoms with van der Waals surface area (Å²) in [7, 11) is 0. The summed E-state index contributed by atoms with van der Waals surface area (Å²) in [5, 5.41) is 3.16. The number of carbonyl (C=O) groups is 2. The van der Waals surface area contributed by atoms with Crippen molar-refractivity contribution >= 4 is 11.8 Å². The summed E-state index contributed by atoms with van der Waals surface area (Å²) >= 11 is 0. The molecule has 1 saturated carbocycles. The van der Waals surface area contributed by atoms with Gasteiger partial charge in [-0.2, -0.15) is 0 Å². The first-order chi connectivity index (χ1) is 16.5. The van der Waals surface area contributed by atoms with E-state index in [1.807, 2.05) is 0 Å². The van der Waals surface area contributed by atoms with Crippen LogP contribution in [0.2, 0.25) is 0 Å². The third-order valence-corrected chi connectivity index (χ3v) is 7.33. The van der Waals surface area contributed by atoms with Crippen LogP contribution in [0, 0.1) is 17.6 Å². The zero-order chi connectivity index (χ0) is 23.9. The Kier molecular flexibility index (Phi) is 8.86. The molecular weight excluding hydrogens is 442 g/mol. The van der Waals surface area contributed by atoms with E-state index in [2.05, 4.69) is 15.1 Å². The van der Waals surface area contributed by atoms with Crippen LogP contribution in [0.5, 0.6) is 0 Å². The summed E-state index contributed by atoms with van der Waals surface area (Å²) in [6.07, 6.45) is 5.30. The van der Waals surface area contributed by atoms with Gasteiger partial charge in [0.2, 0.25) is 5.91 Å². The molecule has 2 amide bonds. The second-order valence-corrected chi connectivity index (χ2v) is 9.54. The van der Waals surface area contributed by atoms with E-state index in [4.69, 9.17) is 4.74 Å². The van der Waals surface area contributed by atoms with Crippen molar-refractivity contribution in [3.63, 3.8) is 0 Å². The fourth-order valence-electron chi connectivity index (χ4n) is 5.43. The lowest BCUT2D eigenvalue weighted by atomic mass is 9.95. The third kappa shape index (κ3) is 6.31. The molecule has 0 bridgehead atoms. The van der Waals surface area contributed by atoms with Crippen LogP contribution in [0.15, 0.2) is 18.2 Å². The number of morpholine rings is 1. The van der Waals surface area contributed by atoms with E-state index in [1.165, 1.54) is 6.07 Å². The molecule has 1 aromatic carbocycles. The zero-order valence-corrected chi connectivity index (χ0v) is 19.8. The first-order valence-corrected chi connectivity index (χ1v) is 12.6. The summed E-state index contributed by atoms with van der Waals surface area (Å²) in [5.41, 5.74) is -0.111. The number of hydrogen-bond acceptors (Lipinski definition) is 5. The van der Waals surface area contributed by atoms with Gasteiger partial charge in [-0.3, -0.25) is 19.4 Å². The van der Waals surface area contributed by atoms with Crippen molar-refractivity contribution in [3.05, 3.63) is 35.4 Å². The topological polar surface area (TPSA) is 65.1 Å². The van der Waals surface area contributed by atoms with E-state index in [9.17, 15) is 18.4 Å². The Balaban J connectivity index is 1.30. The van der Waals surface area contributed by atoms with Crippen LogP contribution in [0.4, 0.5) is 8.78 Å². The Morgan fingerprint density at radius 1 is 1.03 bits per heavy atom. The van der Waals surface area contributed by atoms with E-state index in [0.717, 1.165) is 77.1 Å². The SMILES string of the molecule is O=C(NCCCN1CCOCC1)[C@@H](C1CCCC1)N1CCN(C(=O)c2ccc(F)cc2F)CC1. The van der Waals surface area contributed by atoms with Gasteiger partial charge in [-0.15, -0.1) is 0 Å². The molecule has 34 heavy (non-hydrogen) atoms. The summed E-state index contributed by atoms with van der Waals surface area (Å²) in [6, 6.07) is 2.85. The maximum absolute atomic E-state index is 14.1. The molecule has 2 saturated heterocycles. The summed E-state index contributed by atoms with van der Waals surface area (Å²) in [5.74, 6) is -1.56. The number of nitrogens with zero attached hydrogens (tertiary/aromatic N) is 3. The predicted molar refractivity (Wildman–Crippen MR) is 124 cm³/mol. The maximum Gasteiger partial charge on any atom is 0.256 e. The van der Waals surface area contributed by atoms with Crippen LogP contribution in [0.3, 0.4) is 0 Å². The second-order valence-electron chi connectivity index (χ2n) is 9.54. The average molecular weight is 479 g/mol. The highest BCUT2D eigenvalue weighted by Crippen LogP contribution is 2.31. The Hall–Kier alpha value is -2.10. The lowest BCUT2D eigenvalue weighted by Gasteiger charge is -2.40. The molecule has 0 aromatic heterocycles. The predicted octanol–water partition coefficient (Wildman–Crippen LogP) is 2.12. The average Bonchev–Trinajstić information content (AvgIpc) is 3.37. The lowest BCUT2D eigenvalue weighted by molar-refractivity contribution is -0.129. The van der Waals surface area contributed by atoms with Gasteiger partial charge in [0.25, 0.3) is 5.91 Å². The van der Waals surface area contributed by atoms with E-state index in [0.29, 0.717) is 38.6 Å². The van der Waals surface area contributed by atoms with Crippen LogP contribution >= 0.6 is 0 Å². The van der Waals surface area contributed by atoms with Gasteiger partial charge < -0.3 is 15.0 Å². The first-order valence-electron chi connectivity index (χ1n) is 12.6. The molecule has 1 aromatic rings. The van der Waals surface area contributed by atoms with Crippen LogP contribution in [-0.4, -0.2) is 98.1 Å². The zero-order valence-electron chi connectivity index (χ0n) is 19.8. The van der Waals surface area contributed by atoms with Gasteiger partial charge in [-0.25, -0.2) is 8.78 Å². The minimum atomic E-state index is -0.840. The normalized spacial score (nSPS) is 21.5. The van der Waals surface area contributed by atoms with Gasteiger partial charge in [-0.1, -0.05) is 12.8 Å². The van der Waals surface area contributed by atoms with E-state index in [1.54, 1.807) is 4.90 Å². The van der Waals surface area contributed by atoms with Crippen molar-refractivity contribution in [1.29, 1.82) is 0 Å². The molecule has 188 valence electrons. The number of rotatable bonds is 8. The van der Waals surface area contributed by atoms with Gasteiger partial charge in [-0.05, 0) is 43.9 Å². The van der Waals surface area contributed by atoms with Crippen molar-refractivity contribution in [3.8, 4) is 0 Å². The highest BCUT2D eigenvalue weighted by molar-refractivity contribution is 5.94. The smallest absolute Gasteiger partial charge is 0.256 e. The minimum Gasteiger partial charge on any atom is -0.379 e. The molecule has 3 fully saturated rings. The molecule has 0 radical (unpaired) electrons. The van der Waals surface area contributed by atoms with Gasteiger partial charge in [0.15, 0.2) is 0 Å². The van der Waals surface area contributed by atoms with Crippen LogP contribution in [-0.2, 0) is 9.53 Å². The molecule has 1 aliphatic carbocycles. The molecular formula is C25H36F2N4O3. The van der Waals surface area contributed by atoms with Crippen molar-refractivity contribution in [2.75, 3.05) is 65.6 Å². The fraction of sp³-hybridized carbons (Fsp3) is 0.680. The van der Waals surface area contributed by atoms with Gasteiger partial charge in [0.1, 0.15) is 11.6 Å². The van der Waals surface area contributed by atoms with Gasteiger partial charge in [0.05, 0.1) is 24.8 Å². The van der Waals surface area contributed by atoms with E-state index >= 15 is 0 Å². The highest BCUT2D eigenvalue weighted by atomic mass is 19.1. The monoisotopic (exact) mass is 478 g/mol.